The van der Waals surface area contributed by atoms with E-state index in [1.165, 1.54) is 0 Å². The minimum Gasteiger partial charge on any atom is -0.378 e. The van der Waals surface area contributed by atoms with Crippen LogP contribution in [0, 0.1) is 0 Å². The molecule has 1 saturated heterocycles. The Balaban J connectivity index is 2.43. The van der Waals surface area contributed by atoms with E-state index in [2.05, 4.69) is 10.2 Å². The van der Waals surface area contributed by atoms with Gasteiger partial charge in [-0.25, -0.2) is 8.42 Å². The topological polar surface area (TPSA) is 58.6 Å². The molecule has 0 saturated carbocycles. The molecule has 5 nitrogen and oxygen atoms in total. The third-order valence-electron chi connectivity index (χ3n) is 2.92. The summed E-state index contributed by atoms with van der Waals surface area (Å²) in [7, 11) is -0.962. The molecule has 0 aliphatic carbocycles. The molecule has 1 unspecified atom stereocenters. The van der Waals surface area contributed by atoms with Crippen LogP contribution in [-0.4, -0.2) is 70.8 Å². The van der Waals surface area contributed by atoms with Crippen LogP contribution in [-0.2, 0) is 14.6 Å². The molecule has 1 heterocycles. The predicted octanol–water partition coefficient (Wildman–Crippen LogP) is -0.659. The van der Waals surface area contributed by atoms with Crippen molar-refractivity contribution in [3.05, 3.63) is 0 Å². The van der Waals surface area contributed by atoms with Gasteiger partial charge in [0.25, 0.3) is 0 Å². The van der Waals surface area contributed by atoms with Crippen LogP contribution >= 0.6 is 0 Å². The second kappa shape index (κ2) is 6.54. The third-order valence-corrected chi connectivity index (χ3v) is 4.60. The molecule has 1 N–H and O–H groups in total. The molecule has 1 atom stereocenters. The highest BCUT2D eigenvalue weighted by atomic mass is 32.2. The van der Waals surface area contributed by atoms with Crippen LogP contribution in [0.25, 0.3) is 0 Å². The summed E-state index contributed by atoms with van der Waals surface area (Å²) in [5, 5.41) is 3.11. The molecule has 0 aromatic heterocycles. The van der Waals surface area contributed by atoms with Gasteiger partial charge in [-0.3, -0.25) is 4.90 Å². The highest BCUT2D eigenvalue weighted by Gasteiger charge is 2.23. The second-order valence-corrected chi connectivity index (χ2v) is 6.53. The van der Waals surface area contributed by atoms with E-state index >= 15 is 0 Å². The molecule has 0 radical (unpaired) electrons. The van der Waals surface area contributed by atoms with Crippen molar-refractivity contribution >= 4 is 9.84 Å². The van der Waals surface area contributed by atoms with E-state index < -0.39 is 9.84 Å². The molecule has 0 amide bonds. The summed E-state index contributed by atoms with van der Waals surface area (Å²) in [5.41, 5.74) is 0. The quantitative estimate of drug-likeness (QED) is 0.678. The first kappa shape index (κ1) is 13.9. The van der Waals surface area contributed by atoms with Crippen molar-refractivity contribution in [2.24, 2.45) is 0 Å². The largest absolute Gasteiger partial charge is 0.378 e. The Morgan fingerprint density at radius 3 is 2.88 bits per heavy atom. The van der Waals surface area contributed by atoms with Gasteiger partial charge in [-0.05, 0) is 7.05 Å². The van der Waals surface area contributed by atoms with Crippen molar-refractivity contribution in [1.82, 2.24) is 10.2 Å². The number of morpholine rings is 1. The van der Waals surface area contributed by atoms with Crippen LogP contribution in [0.5, 0.6) is 0 Å². The maximum Gasteiger partial charge on any atom is 0.151 e. The summed E-state index contributed by atoms with van der Waals surface area (Å²) in [6, 6.07) is 0.297. The van der Waals surface area contributed by atoms with Crippen LogP contribution in [0.4, 0.5) is 0 Å². The number of nitrogens with one attached hydrogen (secondary N) is 1. The number of likely N-dealkylation sites (N-methyl/N-ethyl adjacent to an activating group) is 1. The van der Waals surface area contributed by atoms with Crippen molar-refractivity contribution in [3.63, 3.8) is 0 Å². The van der Waals surface area contributed by atoms with E-state index in [-0.39, 0.29) is 11.5 Å². The van der Waals surface area contributed by atoms with Crippen molar-refractivity contribution in [2.45, 2.75) is 13.0 Å². The van der Waals surface area contributed by atoms with Crippen molar-refractivity contribution in [3.8, 4) is 0 Å². The Kier molecular flexibility index (Phi) is 5.68. The van der Waals surface area contributed by atoms with Crippen LogP contribution in [0.1, 0.15) is 6.92 Å². The average Bonchev–Trinajstić information content (AvgIpc) is 2.28. The molecular formula is C10H22N2O3S. The summed E-state index contributed by atoms with van der Waals surface area (Å²) in [6.45, 7) is 5.36. The van der Waals surface area contributed by atoms with Crippen molar-refractivity contribution < 1.29 is 13.2 Å². The SMILES string of the molecule is CCS(=O)(=O)CCN1CCOCC1CNC. The monoisotopic (exact) mass is 250 g/mol. The highest BCUT2D eigenvalue weighted by Crippen LogP contribution is 2.06. The zero-order valence-corrected chi connectivity index (χ0v) is 10.9. The summed E-state index contributed by atoms with van der Waals surface area (Å²) in [5.74, 6) is 0.484. The summed E-state index contributed by atoms with van der Waals surface area (Å²) in [6.07, 6.45) is 0. The number of hydrogen-bond donors (Lipinski definition) is 1. The van der Waals surface area contributed by atoms with Crippen LogP contribution < -0.4 is 5.32 Å². The van der Waals surface area contributed by atoms with Gasteiger partial charge >= 0.3 is 0 Å². The van der Waals surface area contributed by atoms with Gasteiger partial charge in [0.1, 0.15) is 0 Å². The normalized spacial score (nSPS) is 23.5. The Bertz CT molecular complexity index is 290. The second-order valence-electron chi connectivity index (χ2n) is 4.06. The fourth-order valence-electron chi connectivity index (χ4n) is 1.81. The van der Waals surface area contributed by atoms with Gasteiger partial charge in [0.2, 0.25) is 0 Å². The predicted molar refractivity (Wildman–Crippen MR) is 64.4 cm³/mol. The lowest BCUT2D eigenvalue weighted by molar-refractivity contribution is -0.00314. The van der Waals surface area contributed by atoms with Gasteiger partial charge in [-0.1, -0.05) is 6.92 Å². The van der Waals surface area contributed by atoms with E-state index in [9.17, 15) is 8.42 Å². The summed E-state index contributed by atoms with van der Waals surface area (Å²) >= 11 is 0. The first-order valence-electron chi connectivity index (χ1n) is 5.76. The molecule has 0 aromatic rings. The number of sulfone groups is 1. The smallest absolute Gasteiger partial charge is 0.151 e. The Morgan fingerprint density at radius 1 is 1.50 bits per heavy atom. The van der Waals surface area contributed by atoms with Crippen molar-refractivity contribution in [2.75, 3.05) is 51.4 Å². The fraction of sp³-hybridized carbons (Fsp3) is 1.00. The highest BCUT2D eigenvalue weighted by molar-refractivity contribution is 7.91. The van der Waals surface area contributed by atoms with E-state index in [0.29, 0.717) is 25.8 Å². The van der Waals surface area contributed by atoms with E-state index in [1.807, 2.05) is 7.05 Å². The Labute approximate surface area is 98.1 Å². The number of hydrogen-bond acceptors (Lipinski definition) is 5. The zero-order chi connectivity index (χ0) is 12.0. The summed E-state index contributed by atoms with van der Waals surface area (Å²) in [4.78, 5) is 2.20. The van der Waals surface area contributed by atoms with E-state index in [1.54, 1.807) is 6.92 Å². The lowest BCUT2D eigenvalue weighted by Gasteiger charge is -2.35. The first-order chi connectivity index (χ1) is 7.59. The lowest BCUT2D eigenvalue weighted by Crippen LogP contribution is -2.51. The molecule has 1 rings (SSSR count). The zero-order valence-electron chi connectivity index (χ0n) is 10.1. The fourth-order valence-corrected chi connectivity index (χ4v) is 2.61. The Hall–Kier alpha value is -0.170. The maximum absolute atomic E-state index is 11.4. The minimum atomic E-state index is -2.86. The van der Waals surface area contributed by atoms with Gasteiger partial charge < -0.3 is 10.1 Å². The summed E-state index contributed by atoms with van der Waals surface area (Å²) < 4.78 is 28.3. The number of rotatable bonds is 6. The minimum absolute atomic E-state index is 0.230. The lowest BCUT2D eigenvalue weighted by atomic mass is 10.2. The molecule has 6 heteroatoms. The molecule has 1 fully saturated rings. The molecule has 1 aliphatic rings. The maximum atomic E-state index is 11.4. The van der Waals surface area contributed by atoms with Gasteiger partial charge in [0, 0.05) is 31.4 Å². The molecule has 96 valence electrons. The van der Waals surface area contributed by atoms with E-state index in [4.69, 9.17) is 4.74 Å². The molecule has 1 aliphatic heterocycles. The first-order valence-corrected chi connectivity index (χ1v) is 7.58. The molecule has 0 spiro atoms. The van der Waals surface area contributed by atoms with Gasteiger partial charge in [-0.15, -0.1) is 0 Å². The van der Waals surface area contributed by atoms with Crippen LogP contribution in [0.15, 0.2) is 0 Å². The molecular weight excluding hydrogens is 228 g/mol. The van der Waals surface area contributed by atoms with Gasteiger partial charge in [0.05, 0.1) is 19.0 Å². The molecule has 16 heavy (non-hydrogen) atoms. The Morgan fingerprint density at radius 2 is 2.25 bits per heavy atom. The number of ether oxygens (including phenoxy) is 1. The average molecular weight is 250 g/mol. The number of nitrogens with zero attached hydrogens (tertiary/aromatic N) is 1. The van der Waals surface area contributed by atoms with Gasteiger partial charge in [-0.2, -0.15) is 0 Å². The molecule has 0 bridgehead atoms. The van der Waals surface area contributed by atoms with E-state index in [0.717, 1.165) is 13.1 Å². The third kappa shape index (κ3) is 4.37. The standard InChI is InChI=1S/C10H22N2O3S/c1-3-16(13,14)7-5-12-4-6-15-9-10(12)8-11-2/h10-11H,3-9H2,1-2H3. The van der Waals surface area contributed by atoms with Gasteiger partial charge in [0.15, 0.2) is 9.84 Å². The van der Waals surface area contributed by atoms with Crippen molar-refractivity contribution in [1.29, 1.82) is 0 Å². The molecule has 0 aromatic carbocycles. The van der Waals surface area contributed by atoms with Crippen LogP contribution in [0.3, 0.4) is 0 Å². The van der Waals surface area contributed by atoms with Crippen LogP contribution in [0.2, 0.25) is 0 Å².